The SMILES string of the molecule is C#C.C/C=C(\SC)SN(c1cccc2cc(C(N)=O)[nH]c12)C(C)C. The molecule has 0 bridgehead atoms. The maximum absolute atomic E-state index is 11.4. The van der Waals surface area contributed by atoms with E-state index >= 15 is 0 Å². The van der Waals surface area contributed by atoms with Gasteiger partial charge < -0.3 is 15.0 Å². The molecule has 0 unspecified atom stereocenters. The molecule has 0 spiro atoms. The summed E-state index contributed by atoms with van der Waals surface area (Å²) in [7, 11) is 0. The lowest BCUT2D eigenvalue weighted by molar-refractivity contribution is 0.0996. The van der Waals surface area contributed by atoms with Crippen LogP contribution in [-0.2, 0) is 0 Å². The molecule has 3 N–H and O–H groups in total. The number of thioether (sulfide) groups is 1. The number of H-pyrrole nitrogens is 1. The number of benzene rings is 1. The van der Waals surface area contributed by atoms with Gasteiger partial charge in [-0.1, -0.05) is 18.2 Å². The molecular weight excluding hydrogens is 338 g/mol. The van der Waals surface area contributed by atoms with Gasteiger partial charge in [0, 0.05) is 11.4 Å². The number of nitrogens with one attached hydrogen (secondary N) is 1. The number of rotatable bonds is 6. The van der Waals surface area contributed by atoms with Crippen LogP contribution in [0.4, 0.5) is 5.69 Å². The molecular formula is C18H23N3OS2. The first-order valence-corrected chi connectivity index (χ1v) is 9.40. The fraction of sp³-hybridized carbons (Fsp3) is 0.278. The zero-order valence-electron chi connectivity index (χ0n) is 14.4. The average Bonchev–Trinajstić information content (AvgIpc) is 3.02. The Bertz CT molecular complexity index is 747. The third-order valence-corrected chi connectivity index (χ3v) is 5.82. The number of aromatic nitrogens is 1. The number of nitrogens with zero attached hydrogens (tertiary/aromatic N) is 1. The van der Waals surface area contributed by atoms with Crippen molar-refractivity contribution >= 4 is 46.2 Å². The molecule has 4 nitrogen and oxygen atoms in total. The zero-order valence-corrected chi connectivity index (χ0v) is 16.0. The molecule has 2 aromatic rings. The average molecular weight is 362 g/mol. The number of terminal acetylenes is 1. The molecule has 128 valence electrons. The minimum absolute atomic E-state index is 0.304. The van der Waals surface area contributed by atoms with Crippen LogP contribution in [0.3, 0.4) is 0 Å². The van der Waals surface area contributed by atoms with Gasteiger partial charge in [-0.3, -0.25) is 4.79 Å². The van der Waals surface area contributed by atoms with Gasteiger partial charge in [-0.25, -0.2) is 0 Å². The van der Waals surface area contributed by atoms with E-state index in [0.717, 1.165) is 16.6 Å². The molecule has 1 heterocycles. The van der Waals surface area contributed by atoms with E-state index in [1.165, 1.54) is 4.24 Å². The molecule has 24 heavy (non-hydrogen) atoms. The van der Waals surface area contributed by atoms with Gasteiger partial charge in [0.25, 0.3) is 5.91 Å². The summed E-state index contributed by atoms with van der Waals surface area (Å²) >= 11 is 3.43. The summed E-state index contributed by atoms with van der Waals surface area (Å²) in [5, 5.41) is 0.990. The van der Waals surface area contributed by atoms with E-state index in [9.17, 15) is 4.79 Å². The molecule has 2 rings (SSSR count). The topological polar surface area (TPSA) is 62.1 Å². The Balaban J connectivity index is 0.00000139. The van der Waals surface area contributed by atoms with Gasteiger partial charge in [0.2, 0.25) is 0 Å². The largest absolute Gasteiger partial charge is 0.364 e. The summed E-state index contributed by atoms with van der Waals surface area (Å²) in [6, 6.07) is 8.15. The first-order valence-electron chi connectivity index (χ1n) is 7.40. The second kappa shape index (κ2) is 9.36. The normalized spacial score (nSPS) is 11.2. The van der Waals surface area contributed by atoms with Gasteiger partial charge in [0.05, 0.1) is 15.4 Å². The number of carbonyl (C=O) groups excluding carboxylic acids is 1. The number of hydrogen-bond acceptors (Lipinski definition) is 4. The van der Waals surface area contributed by atoms with Crippen LogP contribution in [0.5, 0.6) is 0 Å². The van der Waals surface area contributed by atoms with E-state index in [2.05, 4.69) is 54.4 Å². The third-order valence-electron chi connectivity index (χ3n) is 3.23. The molecule has 0 aliphatic rings. The lowest BCUT2D eigenvalue weighted by Gasteiger charge is -2.28. The summed E-state index contributed by atoms with van der Waals surface area (Å²) in [6.07, 6.45) is 12.2. The highest BCUT2D eigenvalue weighted by Crippen LogP contribution is 2.38. The van der Waals surface area contributed by atoms with Crippen molar-refractivity contribution in [2.75, 3.05) is 10.6 Å². The lowest BCUT2D eigenvalue weighted by atomic mass is 10.2. The van der Waals surface area contributed by atoms with E-state index in [-0.39, 0.29) is 0 Å². The van der Waals surface area contributed by atoms with E-state index in [4.69, 9.17) is 5.73 Å². The molecule has 1 aromatic carbocycles. The summed E-state index contributed by atoms with van der Waals surface area (Å²) < 4.78 is 3.47. The fourth-order valence-corrected chi connectivity index (χ4v) is 3.73. The van der Waals surface area contributed by atoms with E-state index in [1.54, 1.807) is 29.8 Å². The Kier molecular flexibility index (Phi) is 7.83. The van der Waals surface area contributed by atoms with Crippen molar-refractivity contribution in [2.24, 2.45) is 5.73 Å². The first-order chi connectivity index (χ1) is 11.5. The van der Waals surface area contributed by atoms with Crippen LogP contribution in [0.1, 0.15) is 31.3 Å². The van der Waals surface area contributed by atoms with Crippen molar-refractivity contribution in [3.05, 3.63) is 40.3 Å². The van der Waals surface area contributed by atoms with Gasteiger partial charge in [-0.05, 0) is 51.1 Å². The highest BCUT2D eigenvalue weighted by atomic mass is 32.2. The smallest absolute Gasteiger partial charge is 0.265 e. The van der Waals surface area contributed by atoms with Crippen LogP contribution in [0, 0.1) is 12.8 Å². The number of amides is 1. The van der Waals surface area contributed by atoms with E-state index in [1.807, 2.05) is 19.1 Å². The fourth-order valence-electron chi connectivity index (χ4n) is 2.19. The number of carbonyl (C=O) groups is 1. The number of primary amides is 1. The zero-order chi connectivity index (χ0) is 18.3. The summed E-state index contributed by atoms with van der Waals surface area (Å²) in [4.78, 5) is 14.6. The van der Waals surface area contributed by atoms with Crippen LogP contribution in [-0.4, -0.2) is 23.2 Å². The Hall–Kier alpha value is -1.97. The number of aromatic amines is 1. The summed E-state index contributed by atoms with van der Waals surface area (Å²) in [6.45, 7) is 6.34. The van der Waals surface area contributed by atoms with Gasteiger partial charge in [0.1, 0.15) is 5.69 Å². The monoisotopic (exact) mass is 361 g/mol. The molecule has 0 aliphatic carbocycles. The van der Waals surface area contributed by atoms with Crippen molar-refractivity contribution in [1.29, 1.82) is 0 Å². The molecule has 0 radical (unpaired) electrons. The molecule has 1 amide bonds. The minimum atomic E-state index is -0.441. The maximum atomic E-state index is 11.4. The Morgan fingerprint density at radius 2 is 2.04 bits per heavy atom. The van der Waals surface area contributed by atoms with Crippen LogP contribution >= 0.6 is 23.7 Å². The highest BCUT2D eigenvalue weighted by molar-refractivity contribution is 8.22. The predicted octanol–water partition coefficient (Wildman–Crippen LogP) is 4.60. The number of allylic oxidation sites excluding steroid dienone is 1. The second-order valence-electron chi connectivity index (χ2n) is 5.11. The van der Waals surface area contributed by atoms with Crippen molar-refractivity contribution in [1.82, 2.24) is 4.98 Å². The van der Waals surface area contributed by atoms with Gasteiger partial charge in [0.15, 0.2) is 0 Å². The molecule has 1 aromatic heterocycles. The quantitative estimate of drug-likeness (QED) is 0.583. The van der Waals surface area contributed by atoms with Crippen LogP contribution in [0.15, 0.2) is 34.6 Å². The minimum Gasteiger partial charge on any atom is -0.364 e. The Morgan fingerprint density at radius 1 is 1.38 bits per heavy atom. The van der Waals surface area contributed by atoms with Crippen LogP contribution in [0.25, 0.3) is 10.9 Å². The van der Waals surface area contributed by atoms with Gasteiger partial charge in [-0.2, -0.15) is 0 Å². The van der Waals surface area contributed by atoms with Crippen LogP contribution < -0.4 is 10.0 Å². The van der Waals surface area contributed by atoms with Crippen molar-refractivity contribution < 1.29 is 4.79 Å². The van der Waals surface area contributed by atoms with Crippen molar-refractivity contribution in [2.45, 2.75) is 26.8 Å². The number of anilines is 1. The van der Waals surface area contributed by atoms with E-state index < -0.39 is 5.91 Å². The molecule has 0 saturated carbocycles. The molecule has 0 fully saturated rings. The molecule has 6 heteroatoms. The maximum Gasteiger partial charge on any atom is 0.265 e. The molecule has 0 saturated heterocycles. The van der Waals surface area contributed by atoms with Crippen LogP contribution in [0.2, 0.25) is 0 Å². The van der Waals surface area contributed by atoms with Gasteiger partial charge in [-0.15, -0.1) is 24.6 Å². The van der Waals surface area contributed by atoms with E-state index in [0.29, 0.717) is 11.7 Å². The number of nitrogens with two attached hydrogens (primary N) is 1. The second-order valence-corrected chi connectivity index (χ2v) is 7.23. The Labute approximate surface area is 152 Å². The van der Waals surface area contributed by atoms with Crippen molar-refractivity contribution in [3.8, 4) is 12.8 Å². The van der Waals surface area contributed by atoms with Gasteiger partial charge >= 0.3 is 0 Å². The predicted molar refractivity (Wildman–Crippen MR) is 109 cm³/mol. The third kappa shape index (κ3) is 4.53. The highest BCUT2D eigenvalue weighted by Gasteiger charge is 2.18. The molecule has 0 aliphatic heterocycles. The first kappa shape index (κ1) is 20.1. The number of hydrogen-bond donors (Lipinski definition) is 2. The number of fused-ring (bicyclic) bond motifs is 1. The lowest BCUT2D eigenvalue weighted by Crippen LogP contribution is -2.23. The number of para-hydroxylation sites is 1. The summed E-state index contributed by atoms with van der Waals surface area (Å²) in [5.41, 5.74) is 7.82. The molecule has 0 atom stereocenters. The van der Waals surface area contributed by atoms with Crippen molar-refractivity contribution in [3.63, 3.8) is 0 Å². The standard InChI is InChI=1S/C16H21N3OS2.C2H2/c1-5-14(21-4)22-19(10(2)3)13-8-6-7-11-9-12(16(17)20)18-15(11)13;1-2/h5-10,18H,1-4H3,(H2,17,20);1-2H/b14-5+;. The Morgan fingerprint density at radius 3 is 2.54 bits per heavy atom. The summed E-state index contributed by atoms with van der Waals surface area (Å²) in [5.74, 6) is -0.441.